The Balaban J connectivity index is 1.34. The molecular weight excluding hydrogens is 428 g/mol. The molecule has 6 nitrogen and oxygen atoms in total. The molecule has 2 N–H and O–H groups in total. The van der Waals surface area contributed by atoms with Gasteiger partial charge in [-0.2, -0.15) is 0 Å². The molecule has 0 bridgehead atoms. The van der Waals surface area contributed by atoms with Crippen molar-refractivity contribution in [3.63, 3.8) is 0 Å². The van der Waals surface area contributed by atoms with Crippen LogP contribution in [0.1, 0.15) is 11.1 Å². The first-order chi connectivity index (χ1) is 16.6. The molecule has 3 amide bonds. The maximum Gasteiger partial charge on any atom is 0.325 e. The Kier molecular flexibility index (Phi) is 5.74. The molecule has 1 aliphatic heterocycles. The van der Waals surface area contributed by atoms with Crippen LogP contribution in [0.25, 0.3) is 10.8 Å². The summed E-state index contributed by atoms with van der Waals surface area (Å²) in [4.78, 5) is 27.7. The molecule has 1 heterocycles. The second kappa shape index (κ2) is 9.00. The van der Waals surface area contributed by atoms with E-state index in [1.165, 1.54) is 0 Å². The molecule has 6 heteroatoms. The summed E-state index contributed by atoms with van der Waals surface area (Å²) in [6, 6.07) is 31.3. The number of urea groups is 1. The van der Waals surface area contributed by atoms with Crippen molar-refractivity contribution >= 4 is 22.7 Å². The van der Waals surface area contributed by atoms with Crippen LogP contribution in [0.15, 0.2) is 103 Å². The third kappa shape index (κ3) is 3.89. The average molecular weight is 453 g/mol. The van der Waals surface area contributed by atoms with Gasteiger partial charge in [0.2, 0.25) is 0 Å². The summed E-state index contributed by atoms with van der Waals surface area (Å²) in [5, 5.41) is 15.6. The Morgan fingerprint density at radius 1 is 0.794 bits per heavy atom. The number of β-amino-alcohol motifs (C(OH)–C–C–N with tert-alkyl or cyclic N) is 1. The van der Waals surface area contributed by atoms with Crippen molar-refractivity contribution < 1.29 is 19.4 Å². The Morgan fingerprint density at radius 2 is 1.38 bits per heavy atom. The van der Waals surface area contributed by atoms with E-state index in [9.17, 15) is 14.7 Å². The van der Waals surface area contributed by atoms with Crippen LogP contribution in [0.2, 0.25) is 0 Å². The zero-order valence-electron chi connectivity index (χ0n) is 18.4. The van der Waals surface area contributed by atoms with Crippen molar-refractivity contribution in [3.05, 3.63) is 114 Å². The molecule has 0 aliphatic carbocycles. The van der Waals surface area contributed by atoms with E-state index in [1.54, 1.807) is 0 Å². The number of benzene rings is 4. The number of nitrogens with zero attached hydrogens (tertiary/aromatic N) is 1. The van der Waals surface area contributed by atoms with Crippen LogP contribution in [0.5, 0.6) is 5.75 Å². The minimum atomic E-state index is -1.35. The molecule has 1 unspecified atom stereocenters. The molecule has 5 rings (SSSR count). The lowest BCUT2D eigenvalue weighted by Gasteiger charge is -2.28. The van der Waals surface area contributed by atoms with Crippen LogP contribution >= 0.6 is 0 Å². The number of aliphatic hydroxyl groups excluding tert-OH is 1. The zero-order chi connectivity index (χ0) is 23.5. The monoisotopic (exact) mass is 452 g/mol. The van der Waals surface area contributed by atoms with E-state index >= 15 is 0 Å². The molecule has 0 radical (unpaired) electrons. The second-order valence-electron chi connectivity index (χ2n) is 8.30. The maximum atomic E-state index is 13.7. The van der Waals surface area contributed by atoms with Crippen molar-refractivity contribution in [2.75, 3.05) is 13.2 Å². The lowest BCUT2D eigenvalue weighted by molar-refractivity contribution is -0.131. The van der Waals surface area contributed by atoms with Crippen LogP contribution in [0, 0.1) is 0 Å². The van der Waals surface area contributed by atoms with E-state index < -0.39 is 23.6 Å². The van der Waals surface area contributed by atoms with Gasteiger partial charge in [0.1, 0.15) is 18.5 Å². The number of amides is 3. The number of aliphatic hydroxyl groups is 1. The van der Waals surface area contributed by atoms with Crippen LogP contribution in [0.4, 0.5) is 4.79 Å². The molecule has 4 aromatic rings. The van der Waals surface area contributed by atoms with Crippen molar-refractivity contribution in [1.29, 1.82) is 0 Å². The van der Waals surface area contributed by atoms with Gasteiger partial charge in [-0.3, -0.25) is 9.69 Å². The third-order valence-electron chi connectivity index (χ3n) is 6.08. The summed E-state index contributed by atoms with van der Waals surface area (Å²) in [5.41, 5.74) is -0.0358. The molecule has 0 saturated carbocycles. The highest BCUT2D eigenvalue weighted by molar-refractivity contribution is 6.09. The molecular formula is C28H24N2O4. The average Bonchev–Trinajstić information content (AvgIpc) is 3.14. The summed E-state index contributed by atoms with van der Waals surface area (Å²) < 4.78 is 5.76. The fourth-order valence-corrected chi connectivity index (χ4v) is 4.39. The highest BCUT2D eigenvalue weighted by Gasteiger charge is 2.53. The van der Waals surface area contributed by atoms with E-state index in [4.69, 9.17) is 4.74 Å². The fraction of sp³-hybridized carbons (Fsp3) is 0.143. The van der Waals surface area contributed by atoms with Gasteiger partial charge in [-0.15, -0.1) is 0 Å². The molecule has 1 fully saturated rings. The molecule has 34 heavy (non-hydrogen) atoms. The van der Waals surface area contributed by atoms with Crippen molar-refractivity contribution in [1.82, 2.24) is 10.2 Å². The second-order valence-corrected chi connectivity index (χ2v) is 8.30. The lowest BCUT2D eigenvalue weighted by Crippen LogP contribution is -2.46. The quantitative estimate of drug-likeness (QED) is 0.414. The largest absolute Gasteiger partial charge is 0.491 e. The van der Waals surface area contributed by atoms with Gasteiger partial charge in [0.15, 0.2) is 5.54 Å². The summed E-state index contributed by atoms with van der Waals surface area (Å²) in [6.07, 6.45) is -1.05. The topological polar surface area (TPSA) is 78.9 Å². The summed E-state index contributed by atoms with van der Waals surface area (Å²) in [6.45, 7) is -0.237. The van der Waals surface area contributed by atoms with E-state index in [1.807, 2.05) is 103 Å². The molecule has 170 valence electrons. The fourth-order valence-electron chi connectivity index (χ4n) is 4.39. The van der Waals surface area contributed by atoms with E-state index in [2.05, 4.69) is 5.32 Å². The first-order valence-electron chi connectivity index (χ1n) is 11.1. The van der Waals surface area contributed by atoms with Crippen LogP contribution in [0.3, 0.4) is 0 Å². The van der Waals surface area contributed by atoms with Gasteiger partial charge in [-0.05, 0) is 34.0 Å². The van der Waals surface area contributed by atoms with Crippen LogP contribution < -0.4 is 10.1 Å². The Bertz CT molecular complexity index is 1280. The van der Waals surface area contributed by atoms with E-state index in [0.717, 1.165) is 15.7 Å². The standard InChI is InChI=1S/C28H24N2O4/c31-24(19-34-25-16-15-20-9-7-8-10-21(20)17-25)18-30-26(32)28(29-27(30)33,22-11-3-1-4-12-22)23-13-5-2-6-14-23/h1-17,24,31H,18-19H2,(H,29,33). The number of imide groups is 1. The summed E-state index contributed by atoms with van der Waals surface area (Å²) in [7, 11) is 0. The van der Waals surface area contributed by atoms with Gasteiger partial charge in [0.05, 0.1) is 6.54 Å². The van der Waals surface area contributed by atoms with Gasteiger partial charge in [-0.1, -0.05) is 91.0 Å². The first-order valence-corrected chi connectivity index (χ1v) is 11.1. The van der Waals surface area contributed by atoms with Crippen LogP contribution in [-0.2, 0) is 10.3 Å². The van der Waals surface area contributed by atoms with E-state index in [0.29, 0.717) is 16.9 Å². The van der Waals surface area contributed by atoms with Gasteiger partial charge >= 0.3 is 6.03 Å². The first kappa shape index (κ1) is 21.7. The number of fused-ring (bicyclic) bond motifs is 1. The highest BCUT2D eigenvalue weighted by atomic mass is 16.5. The number of hydrogen-bond acceptors (Lipinski definition) is 4. The minimum absolute atomic E-state index is 0.0565. The number of ether oxygens (including phenoxy) is 1. The number of hydrogen-bond donors (Lipinski definition) is 2. The smallest absolute Gasteiger partial charge is 0.325 e. The molecule has 0 aromatic heterocycles. The van der Waals surface area contributed by atoms with Crippen molar-refractivity contribution in [3.8, 4) is 5.75 Å². The molecule has 1 atom stereocenters. The summed E-state index contributed by atoms with van der Waals surface area (Å²) >= 11 is 0. The predicted octanol–water partition coefficient (Wildman–Crippen LogP) is 4.08. The molecule has 0 spiro atoms. The van der Waals surface area contributed by atoms with E-state index in [-0.39, 0.29) is 13.2 Å². The molecule has 1 saturated heterocycles. The number of carbonyl (C=O) groups excluding carboxylic acids is 2. The normalized spacial score (nSPS) is 15.9. The summed E-state index contributed by atoms with van der Waals surface area (Å²) in [5.74, 6) is 0.178. The molecule has 4 aromatic carbocycles. The molecule has 1 aliphatic rings. The van der Waals surface area contributed by atoms with Crippen LogP contribution in [-0.4, -0.2) is 41.2 Å². The maximum absolute atomic E-state index is 13.7. The minimum Gasteiger partial charge on any atom is -0.491 e. The zero-order valence-corrected chi connectivity index (χ0v) is 18.4. The van der Waals surface area contributed by atoms with Gasteiger partial charge in [-0.25, -0.2) is 4.79 Å². The number of nitrogens with one attached hydrogen (secondary N) is 1. The highest BCUT2D eigenvalue weighted by Crippen LogP contribution is 2.36. The van der Waals surface area contributed by atoms with Gasteiger partial charge in [0.25, 0.3) is 5.91 Å². The van der Waals surface area contributed by atoms with Gasteiger partial charge in [0, 0.05) is 0 Å². The Hall–Kier alpha value is -4.16. The van der Waals surface area contributed by atoms with Crippen molar-refractivity contribution in [2.24, 2.45) is 0 Å². The number of carbonyl (C=O) groups is 2. The SMILES string of the molecule is O=C1NC(c2ccccc2)(c2ccccc2)C(=O)N1CC(O)COc1ccc2ccccc2c1. The third-order valence-corrected chi connectivity index (χ3v) is 6.08. The predicted molar refractivity (Wildman–Crippen MR) is 129 cm³/mol. The number of rotatable bonds is 7. The van der Waals surface area contributed by atoms with Gasteiger partial charge < -0.3 is 15.2 Å². The lowest BCUT2D eigenvalue weighted by atomic mass is 9.82. The Morgan fingerprint density at radius 3 is 2.03 bits per heavy atom. The van der Waals surface area contributed by atoms with Crippen molar-refractivity contribution in [2.45, 2.75) is 11.6 Å². The Labute approximate surface area is 197 Å².